The van der Waals surface area contributed by atoms with Crippen LogP contribution >= 0.6 is 11.6 Å². The first-order chi connectivity index (χ1) is 7.70. The topological polar surface area (TPSA) is 59.3 Å². The van der Waals surface area contributed by atoms with Gasteiger partial charge in [-0.05, 0) is 6.07 Å². The molecule has 0 radical (unpaired) electrons. The maximum Gasteiger partial charge on any atom is 0.405 e. The summed E-state index contributed by atoms with van der Waals surface area (Å²) in [6, 6.07) is 2.15. The summed E-state index contributed by atoms with van der Waals surface area (Å²) < 4.78 is 36.5. The van der Waals surface area contributed by atoms with E-state index in [1.54, 1.807) is 0 Å². The predicted molar refractivity (Wildman–Crippen MR) is 55.2 cm³/mol. The Bertz CT molecular complexity index is 439. The van der Waals surface area contributed by atoms with E-state index in [-0.39, 0.29) is 5.15 Å². The van der Waals surface area contributed by atoms with Gasteiger partial charge in [-0.25, -0.2) is 4.98 Å². The highest BCUT2D eigenvalue weighted by Crippen LogP contribution is 2.28. The molecule has 0 unspecified atom stereocenters. The SMILES string of the molecule is CN(CC(F)(F)F)c1nc(Cl)ccc1[N+](=O)[O-]. The van der Waals surface area contributed by atoms with Gasteiger partial charge in [-0.1, -0.05) is 11.6 Å². The summed E-state index contributed by atoms with van der Waals surface area (Å²) in [4.78, 5) is 14.0. The van der Waals surface area contributed by atoms with Crippen molar-refractivity contribution in [3.63, 3.8) is 0 Å². The van der Waals surface area contributed by atoms with E-state index in [1.807, 2.05) is 0 Å². The molecule has 0 aliphatic rings. The highest BCUT2D eigenvalue weighted by Gasteiger charge is 2.32. The van der Waals surface area contributed by atoms with Gasteiger partial charge in [-0.2, -0.15) is 13.2 Å². The van der Waals surface area contributed by atoms with Gasteiger partial charge in [-0.3, -0.25) is 10.1 Å². The minimum atomic E-state index is -4.48. The van der Waals surface area contributed by atoms with E-state index in [0.29, 0.717) is 4.90 Å². The van der Waals surface area contributed by atoms with Crippen LogP contribution in [0.25, 0.3) is 0 Å². The first-order valence-electron chi connectivity index (χ1n) is 4.29. The smallest absolute Gasteiger partial charge is 0.345 e. The van der Waals surface area contributed by atoms with Crippen molar-refractivity contribution in [3.05, 3.63) is 27.4 Å². The fourth-order valence-corrected chi connectivity index (χ4v) is 1.33. The summed E-state index contributed by atoms with van der Waals surface area (Å²) in [5.41, 5.74) is -0.527. The number of hydrogen-bond donors (Lipinski definition) is 0. The number of nitrogens with zero attached hydrogens (tertiary/aromatic N) is 3. The van der Waals surface area contributed by atoms with Crippen molar-refractivity contribution in [2.75, 3.05) is 18.5 Å². The maximum atomic E-state index is 12.2. The molecule has 17 heavy (non-hydrogen) atoms. The summed E-state index contributed by atoms with van der Waals surface area (Å²) >= 11 is 5.50. The van der Waals surface area contributed by atoms with E-state index in [4.69, 9.17) is 11.6 Å². The van der Waals surface area contributed by atoms with Crippen LogP contribution in [0.5, 0.6) is 0 Å². The lowest BCUT2D eigenvalue weighted by Crippen LogP contribution is -2.31. The van der Waals surface area contributed by atoms with Gasteiger partial charge in [0.15, 0.2) is 0 Å². The van der Waals surface area contributed by atoms with Crippen LogP contribution in [0.1, 0.15) is 0 Å². The Morgan fingerprint density at radius 1 is 1.53 bits per heavy atom. The summed E-state index contributed by atoms with van der Waals surface area (Å²) in [7, 11) is 1.05. The molecule has 1 aromatic rings. The van der Waals surface area contributed by atoms with Crippen molar-refractivity contribution in [1.29, 1.82) is 0 Å². The predicted octanol–water partition coefficient (Wildman–Crippen LogP) is 2.64. The van der Waals surface area contributed by atoms with E-state index >= 15 is 0 Å². The van der Waals surface area contributed by atoms with Crippen LogP contribution in [0.3, 0.4) is 0 Å². The van der Waals surface area contributed by atoms with Gasteiger partial charge in [0, 0.05) is 13.1 Å². The molecular weight excluding hydrogens is 263 g/mol. The van der Waals surface area contributed by atoms with Gasteiger partial charge < -0.3 is 4.90 Å². The summed E-state index contributed by atoms with van der Waals surface area (Å²) in [6.45, 7) is -1.35. The lowest BCUT2D eigenvalue weighted by molar-refractivity contribution is -0.384. The fourth-order valence-electron chi connectivity index (χ4n) is 1.19. The maximum absolute atomic E-state index is 12.2. The molecule has 5 nitrogen and oxygen atoms in total. The van der Waals surface area contributed by atoms with Crippen molar-refractivity contribution in [2.45, 2.75) is 6.18 Å². The standard InChI is InChI=1S/C8H7ClF3N3O2/c1-14(4-8(10,11)12)7-5(15(16)17)2-3-6(9)13-7/h2-3H,4H2,1H3. The number of hydrogen-bond acceptors (Lipinski definition) is 4. The number of aromatic nitrogens is 1. The molecule has 0 N–H and O–H groups in total. The zero-order valence-electron chi connectivity index (χ0n) is 8.53. The van der Waals surface area contributed by atoms with Crippen LogP contribution in [0, 0.1) is 10.1 Å². The molecule has 0 amide bonds. The number of halogens is 4. The number of nitro groups is 1. The third-order valence-electron chi connectivity index (χ3n) is 1.80. The van der Waals surface area contributed by atoms with Gasteiger partial charge in [0.25, 0.3) is 0 Å². The minimum Gasteiger partial charge on any atom is -0.345 e. The van der Waals surface area contributed by atoms with Crippen molar-refractivity contribution < 1.29 is 18.1 Å². The molecule has 0 atom stereocenters. The van der Waals surface area contributed by atoms with E-state index in [1.165, 1.54) is 0 Å². The molecular formula is C8H7ClF3N3O2. The first kappa shape index (κ1) is 13.5. The summed E-state index contributed by atoms with van der Waals surface area (Å²) in [5.74, 6) is -0.417. The Hall–Kier alpha value is -1.57. The Labute approximate surface area is 99.0 Å². The van der Waals surface area contributed by atoms with Crippen molar-refractivity contribution in [3.8, 4) is 0 Å². The first-order valence-corrected chi connectivity index (χ1v) is 4.67. The molecule has 1 heterocycles. The molecule has 0 bridgehead atoms. The molecule has 0 aliphatic carbocycles. The van der Waals surface area contributed by atoms with Gasteiger partial charge in [0.2, 0.25) is 5.82 Å². The van der Waals surface area contributed by atoms with Gasteiger partial charge in [0.1, 0.15) is 11.7 Å². The van der Waals surface area contributed by atoms with E-state index in [2.05, 4.69) is 4.98 Å². The summed E-state index contributed by atoms with van der Waals surface area (Å²) in [5, 5.41) is 10.5. The van der Waals surface area contributed by atoms with Crippen molar-refractivity contribution in [2.24, 2.45) is 0 Å². The third kappa shape index (κ3) is 3.74. The van der Waals surface area contributed by atoms with Crippen LogP contribution in [-0.4, -0.2) is 29.7 Å². The van der Waals surface area contributed by atoms with Crippen LogP contribution in [0.2, 0.25) is 5.15 Å². The van der Waals surface area contributed by atoms with E-state index < -0.39 is 29.1 Å². The third-order valence-corrected chi connectivity index (χ3v) is 2.01. The number of alkyl halides is 3. The second-order valence-electron chi connectivity index (χ2n) is 3.21. The number of anilines is 1. The lowest BCUT2D eigenvalue weighted by atomic mass is 10.3. The molecule has 1 aromatic heterocycles. The van der Waals surface area contributed by atoms with E-state index in [0.717, 1.165) is 19.2 Å². The highest BCUT2D eigenvalue weighted by molar-refractivity contribution is 6.29. The molecule has 0 saturated carbocycles. The fraction of sp³-hybridized carbons (Fsp3) is 0.375. The second kappa shape index (κ2) is 4.74. The van der Waals surface area contributed by atoms with Gasteiger partial charge in [-0.15, -0.1) is 0 Å². The normalized spacial score (nSPS) is 11.4. The summed E-state index contributed by atoms with van der Waals surface area (Å²) in [6.07, 6.45) is -4.48. The Balaban J connectivity index is 3.10. The molecule has 0 fully saturated rings. The Morgan fingerprint density at radius 2 is 2.12 bits per heavy atom. The average Bonchev–Trinajstić information content (AvgIpc) is 2.14. The van der Waals surface area contributed by atoms with Crippen LogP contribution in [-0.2, 0) is 0 Å². The Kier molecular flexibility index (Phi) is 3.76. The average molecular weight is 270 g/mol. The van der Waals surface area contributed by atoms with Gasteiger partial charge >= 0.3 is 11.9 Å². The Morgan fingerprint density at radius 3 is 2.59 bits per heavy atom. The quantitative estimate of drug-likeness (QED) is 0.481. The van der Waals surface area contributed by atoms with Crippen molar-refractivity contribution >= 4 is 23.1 Å². The molecule has 0 aromatic carbocycles. The molecule has 0 spiro atoms. The van der Waals surface area contributed by atoms with Crippen molar-refractivity contribution in [1.82, 2.24) is 4.98 Å². The molecule has 0 aliphatic heterocycles. The number of pyridine rings is 1. The molecule has 9 heteroatoms. The molecule has 0 saturated heterocycles. The van der Waals surface area contributed by atoms with Gasteiger partial charge in [0.05, 0.1) is 4.92 Å². The second-order valence-corrected chi connectivity index (χ2v) is 3.59. The zero-order chi connectivity index (χ0) is 13.2. The zero-order valence-corrected chi connectivity index (χ0v) is 9.29. The van der Waals surface area contributed by atoms with Crippen LogP contribution < -0.4 is 4.90 Å². The highest BCUT2D eigenvalue weighted by atomic mass is 35.5. The van der Waals surface area contributed by atoms with E-state index in [9.17, 15) is 23.3 Å². The van der Waals surface area contributed by atoms with Crippen LogP contribution in [0.15, 0.2) is 12.1 Å². The molecule has 1 rings (SSSR count). The largest absolute Gasteiger partial charge is 0.405 e. The lowest BCUT2D eigenvalue weighted by Gasteiger charge is -2.19. The number of rotatable bonds is 3. The molecule has 94 valence electrons. The van der Waals surface area contributed by atoms with Crippen LogP contribution in [0.4, 0.5) is 24.7 Å². The minimum absolute atomic E-state index is 0.111. The monoisotopic (exact) mass is 269 g/mol.